The summed E-state index contributed by atoms with van der Waals surface area (Å²) in [6, 6.07) is 6.57. The van der Waals surface area contributed by atoms with E-state index in [0.29, 0.717) is 0 Å². The minimum atomic E-state index is 1.06. The summed E-state index contributed by atoms with van der Waals surface area (Å²) in [7, 11) is 1.96. The lowest BCUT2D eigenvalue weighted by Gasteiger charge is -2.19. The molecule has 84 valence electrons. The van der Waals surface area contributed by atoms with Crippen molar-refractivity contribution in [1.29, 1.82) is 0 Å². The third-order valence-electron chi connectivity index (χ3n) is 2.92. The van der Waals surface area contributed by atoms with Crippen LogP contribution in [0.25, 0.3) is 0 Å². The van der Waals surface area contributed by atoms with Gasteiger partial charge in [-0.3, -0.25) is 4.90 Å². The number of benzene rings is 1. The van der Waals surface area contributed by atoms with Gasteiger partial charge in [0.25, 0.3) is 0 Å². The normalized spacial score (nSPS) is 10.7. The Bertz CT molecular complexity index is 303. The Morgan fingerprint density at radius 3 is 2.33 bits per heavy atom. The summed E-state index contributed by atoms with van der Waals surface area (Å²) in [6.07, 6.45) is 0. The van der Waals surface area contributed by atoms with Crippen molar-refractivity contribution in [2.75, 3.05) is 25.5 Å². The van der Waals surface area contributed by atoms with Gasteiger partial charge in [-0.15, -0.1) is 0 Å². The Morgan fingerprint density at radius 2 is 1.87 bits per heavy atom. The topological polar surface area (TPSA) is 15.3 Å². The van der Waals surface area contributed by atoms with Crippen LogP contribution in [0.2, 0.25) is 0 Å². The van der Waals surface area contributed by atoms with Crippen LogP contribution in [0.3, 0.4) is 0 Å². The Hall–Kier alpha value is -1.02. The summed E-state index contributed by atoms with van der Waals surface area (Å²) >= 11 is 0. The molecule has 0 aliphatic heterocycles. The zero-order valence-electron chi connectivity index (χ0n) is 10.3. The van der Waals surface area contributed by atoms with E-state index < -0.39 is 0 Å². The first kappa shape index (κ1) is 12.1. The smallest absolute Gasteiger partial charge is 0.0340 e. The molecule has 0 aromatic heterocycles. The lowest BCUT2D eigenvalue weighted by Crippen LogP contribution is -2.22. The summed E-state index contributed by atoms with van der Waals surface area (Å²) in [5, 5.41) is 3.16. The van der Waals surface area contributed by atoms with Crippen LogP contribution in [0.5, 0.6) is 0 Å². The van der Waals surface area contributed by atoms with Gasteiger partial charge in [0.1, 0.15) is 0 Å². The average molecular weight is 206 g/mol. The number of anilines is 1. The molecule has 0 aliphatic carbocycles. The summed E-state index contributed by atoms with van der Waals surface area (Å²) in [5.41, 5.74) is 3.99. The second-order valence-electron chi connectivity index (χ2n) is 3.85. The minimum Gasteiger partial charge on any atom is -0.388 e. The molecule has 0 atom stereocenters. The van der Waals surface area contributed by atoms with Gasteiger partial charge in [0.15, 0.2) is 0 Å². The molecule has 0 saturated heterocycles. The number of rotatable bonds is 5. The van der Waals surface area contributed by atoms with Crippen molar-refractivity contribution in [2.24, 2.45) is 0 Å². The molecule has 0 bridgehead atoms. The second-order valence-corrected chi connectivity index (χ2v) is 3.85. The van der Waals surface area contributed by atoms with E-state index in [1.54, 1.807) is 0 Å². The maximum Gasteiger partial charge on any atom is 0.0340 e. The predicted octanol–water partition coefficient (Wildman–Crippen LogP) is 2.88. The average Bonchev–Trinajstić information content (AvgIpc) is 2.27. The van der Waals surface area contributed by atoms with Crippen molar-refractivity contribution < 1.29 is 0 Å². The first-order chi connectivity index (χ1) is 7.21. The first-order valence-corrected chi connectivity index (χ1v) is 5.70. The molecule has 0 unspecified atom stereocenters. The highest BCUT2D eigenvalue weighted by Gasteiger charge is 2.04. The van der Waals surface area contributed by atoms with Crippen molar-refractivity contribution in [1.82, 2.24) is 4.90 Å². The van der Waals surface area contributed by atoms with Gasteiger partial charge in [-0.1, -0.05) is 19.9 Å². The summed E-state index contributed by atoms with van der Waals surface area (Å²) in [4.78, 5) is 2.43. The van der Waals surface area contributed by atoms with E-state index in [1.165, 1.54) is 16.8 Å². The van der Waals surface area contributed by atoms with Crippen LogP contribution in [0.1, 0.15) is 25.0 Å². The summed E-state index contributed by atoms with van der Waals surface area (Å²) < 4.78 is 0. The number of nitrogens with zero attached hydrogens (tertiary/aromatic N) is 1. The molecule has 0 spiro atoms. The molecule has 0 radical (unpaired) electrons. The van der Waals surface area contributed by atoms with Crippen molar-refractivity contribution >= 4 is 5.69 Å². The quantitative estimate of drug-likeness (QED) is 0.797. The van der Waals surface area contributed by atoms with Crippen molar-refractivity contribution in [3.8, 4) is 0 Å². The molecular formula is C13H22N2. The third-order valence-corrected chi connectivity index (χ3v) is 2.92. The summed E-state index contributed by atoms with van der Waals surface area (Å²) in [6.45, 7) is 9.89. The van der Waals surface area contributed by atoms with Gasteiger partial charge in [0, 0.05) is 19.3 Å². The van der Waals surface area contributed by atoms with Crippen LogP contribution in [0, 0.1) is 6.92 Å². The molecule has 1 rings (SSSR count). The van der Waals surface area contributed by atoms with Gasteiger partial charge in [-0.05, 0) is 43.3 Å². The standard InChI is InChI=1S/C13H22N2/c1-5-15(6-2)10-12-7-8-13(14-4)9-11(12)3/h7-9,14H,5-6,10H2,1-4H3. The number of aryl methyl sites for hydroxylation is 1. The van der Waals surface area contributed by atoms with Gasteiger partial charge in [-0.25, -0.2) is 0 Å². The molecule has 2 nitrogen and oxygen atoms in total. The van der Waals surface area contributed by atoms with Gasteiger partial charge in [0.05, 0.1) is 0 Å². The maximum atomic E-state index is 3.16. The van der Waals surface area contributed by atoms with E-state index in [1.807, 2.05) is 7.05 Å². The largest absolute Gasteiger partial charge is 0.388 e. The number of nitrogens with one attached hydrogen (secondary N) is 1. The summed E-state index contributed by atoms with van der Waals surface area (Å²) in [5.74, 6) is 0. The Morgan fingerprint density at radius 1 is 1.20 bits per heavy atom. The SMILES string of the molecule is CCN(CC)Cc1ccc(NC)cc1C. The maximum absolute atomic E-state index is 3.16. The van der Waals surface area contributed by atoms with Crippen LogP contribution < -0.4 is 5.32 Å². The fourth-order valence-corrected chi connectivity index (χ4v) is 1.72. The molecule has 1 N–H and O–H groups in total. The molecule has 0 heterocycles. The zero-order valence-corrected chi connectivity index (χ0v) is 10.3. The van der Waals surface area contributed by atoms with E-state index >= 15 is 0 Å². The highest BCUT2D eigenvalue weighted by molar-refractivity contribution is 5.47. The van der Waals surface area contributed by atoms with Gasteiger partial charge in [0.2, 0.25) is 0 Å². The molecule has 0 amide bonds. The Kier molecular flexibility index (Phi) is 4.63. The number of hydrogen-bond acceptors (Lipinski definition) is 2. The van der Waals surface area contributed by atoms with Crippen molar-refractivity contribution in [2.45, 2.75) is 27.3 Å². The van der Waals surface area contributed by atoms with Crippen LogP contribution >= 0.6 is 0 Å². The first-order valence-electron chi connectivity index (χ1n) is 5.70. The third kappa shape index (κ3) is 3.24. The van der Waals surface area contributed by atoms with Crippen LogP contribution in [-0.4, -0.2) is 25.0 Å². The molecule has 2 heteroatoms. The Labute approximate surface area is 93.3 Å². The van der Waals surface area contributed by atoms with Crippen molar-refractivity contribution in [3.05, 3.63) is 29.3 Å². The van der Waals surface area contributed by atoms with E-state index in [9.17, 15) is 0 Å². The predicted molar refractivity (Wildman–Crippen MR) is 67.4 cm³/mol. The molecule has 0 aliphatic rings. The molecule has 1 aromatic rings. The number of hydrogen-bond donors (Lipinski definition) is 1. The fraction of sp³-hybridized carbons (Fsp3) is 0.538. The van der Waals surface area contributed by atoms with Crippen LogP contribution in [-0.2, 0) is 6.54 Å². The highest BCUT2D eigenvalue weighted by atomic mass is 15.1. The van der Waals surface area contributed by atoms with Gasteiger partial charge >= 0.3 is 0 Å². The van der Waals surface area contributed by atoms with E-state index in [-0.39, 0.29) is 0 Å². The monoisotopic (exact) mass is 206 g/mol. The lowest BCUT2D eigenvalue weighted by molar-refractivity contribution is 0.295. The van der Waals surface area contributed by atoms with Gasteiger partial charge < -0.3 is 5.32 Å². The Balaban J connectivity index is 2.77. The fourth-order valence-electron chi connectivity index (χ4n) is 1.72. The van der Waals surface area contributed by atoms with Gasteiger partial charge in [-0.2, -0.15) is 0 Å². The molecule has 0 saturated carbocycles. The molecule has 0 fully saturated rings. The zero-order chi connectivity index (χ0) is 11.3. The highest BCUT2D eigenvalue weighted by Crippen LogP contribution is 2.16. The van der Waals surface area contributed by atoms with E-state index in [0.717, 1.165) is 19.6 Å². The van der Waals surface area contributed by atoms with Crippen LogP contribution in [0.15, 0.2) is 18.2 Å². The molecule has 15 heavy (non-hydrogen) atoms. The molecule has 1 aromatic carbocycles. The van der Waals surface area contributed by atoms with E-state index in [4.69, 9.17) is 0 Å². The van der Waals surface area contributed by atoms with Crippen LogP contribution in [0.4, 0.5) is 5.69 Å². The van der Waals surface area contributed by atoms with Crippen molar-refractivity contribution in [3.63, 3.8) is 0 Å². The second kappa shape index (κ2) is 5.76. The lowest BCUT2D eigenvalue weighted by atomic mass is 10.1. The van der Waals surface area contributed by atoms with E-state index in [2.05, 4.69) is 49.2 Å². The molecular weight excluding hydrogens is 184 g/mol. The minimum absolute atomic E-state index is 1.06.